The Hall–Kier alpha value is -1.83. The standard InChI is InChI=1S/C13H22N2O6/c1-3-21-10(16)8-15(6-7-20-2)12(19)14-9-13(4-5-13)11(17)18/h3-9H2,1-2H3,(H,14,19)(H,17,18). The molecule has 8 heteroatoms. The lowest BCUT2D eigenvalue weighted by atomic mass is 10.1. The van der Waals surface area contributed by atoms with Crippen LogP contribution in [0.5, 0.6) is 0 Å². The molecule has 0 aromatic carbocycles. The summed E-state index contributed by atoms with van der Waals surface area (Å²) in [5, 5.41) is 11.6. The van der Waals surface area contributed by atoms with E-state index in [-0.39, 0.29) is 32.8 Å². The van der Waals surface area contributed by atoms with E-state index in [2.05, 4.69) is 5.32 Å². The van der Waals surface area contributed by atoms with E-state index in [0.29, 0.717) is 12.8 Å². The van der Waals surface area contributed by atoms with Crippen molar-refractivity contribution in [3.8, 4) is 0 Å². The van der Waals surface area contributed by atoms with Gasteiger partial charge in [0.15, 0.2) is 0 Å². The summed E-state index contributed by atoms with van der Waals surface area (Å²) in [6, 6.07) is -0.493. The lowest BCUT2D eigenvalue weighted by Crippen LogP contribution is -2.47. The van der Waals surface area contributed by atoms with Crippen molar-refractivity contribution in [3.63, 3.8) is 0 Å². The van der Waals surface area contributed by atoms with Gasteiger partial charge in [-0.2, -0.15) is 0 Å². The average molecular weight is 302 g/mol. The van der Waals surface area contributed by atoms with Gasteiger partial charge in [-0.25, -0.2) is 4.79 Å². The molecule has 0 aromatic heterocycles. The number of aliphatic carboxylic acids is 1. The number of methoxy groups -OCH3 is 1. The molecule has 1 fully saturated rings. The Morgan fingerprint density at radius 3 is 2.48 bits per heavy atom. The van der Waals surface area contributed by atoms with Crippen molar-refractivity contribution in [2.24, 2.45) is 5.41 Å². The van der Waals surface area contributed by atoms with Gasteiger partial charge in [-0.15, -0.1) is 0 Å². The van der Waals surface area contributed by atoms with Crippen molar-refractivity contribution < 1.29 is 29.0 Å². The number of carboxylic acid groups (broad SMARTS) is 1. The molecule has 2 N–H and O–H groups in total. The summed E-state index contributed by atoms with van der Waals surface area (Å²) in [4.78, 5) is 35.8. The number of rotatable bonds is 9. The van der Waals surface area contributed by atoms with E-state index < -0.39 is 23.4 Å². The minimum atomic E-state index is -0.906. The number of hydrogen-bond donors (Lipinski definition) is 2. The fraction of sp³-hybridized carbons (Fsp3) is 0.769. The van der Waals surface area contributed by atoms with E-state index >= 15 is 0 Å². The number of carbonyl (C=O) groups excluding carboxylic acids is 2. The summed E-state index contributed by atoms with van der Waals surface area (Å²) >= 11 is 0. The van der Waals surface area contributed by atoms with Crippen molar-refractivity contribution in [2.45, 2.75) is 19.8 Å². The molecular weight excluding hydrogens is 280 g/mol. The molecule has 0 radical (unpaired) electrons. The Morgan fingerprint density at radius 2 is 2.00 bits per heavy atom. The molecule has 0 aromatic rings. The van der Waals surface area contributed by atoms with Gasteiger partial charge in [0.1, 0.15) is 6.54 Å². The van der Waals surface area contributed by atoms with Crippen LogP contribution in [0.1, 0.15) is 19.8 Å². The number of esters is 1. The molecule has 0 aliphatic heterocycles. The summed E-state index contributed by atoms with van der Waals surface area (Å²) in [5.74, 6) is -1.42. The summed E-state index contributed by atoms with van der Waals surface area (Å²) in [7, 11) is 1.49. The molecule has 1 saturated carbocycles. The maximum Gasteiger partial charge on any atom is 0.325 e. The predicted octanol–water partition coefficient (Wildman–Crippen LogP) is 0.0723. The number of carbonyl (C=O) groups is 3. The van der Waals surface area contributed by atoms with Crippen LogP contribution in [0.4, 0.5) is 4.79 Å². The minimum Gasteiger partial charge on any atom is -0.481 e. The number of nitrogens with one attached hydrogen (secondary N) is 1. The zero-order valence-corrected chi connectivity index (χ0v) is 12.4. The van der Waals surface area contributed by atoms with Gasteiger partial charge in [0.2, 0.25) is 0 Å². The van der Waals surface area contributed by atoms with E-state index in [1.807, 2.05) is 0 Å². The predicted molar refractivity (Wildman–Crippen MR) is 72.8 cm³/mol. The number of urea groups is 1. The second-order valence-electron chi connectivity index (χ2n) is 4.96. The van der Waals surface area contributed by atoms with Gasteiger partial charge in [0.05, 0.1) is 18.6 Å². The topological polar surface area (TPSA) is 105 Å². The number of nitrogens with zero attached hydrogens (tertiary/aromatic N) is 1. The molecule has 120 valence electrons. The fourth-order valence-electron chi connectivity index (χ4n) is 1.79. The minimum absolute atomic E-state index is 0.0630. The number of ether oxygens (including phenoxy) is 2. The van der Waals surface area contributed by atoms with Crippen LogP contribution < -0.4 is 5.32 Å². The Balaban J connectivity index is 2.50. The Bertz CT molecular complexity index is 394. The third kappa shape index (κ3) is 5.22. The third-order valence-electron chi connectivity index (χ3n) is 3.36. The number of carboxylic acids is 1. The average Bonchev–Trinajstić information content (AvgIpc) is 3.22. The summed E-state index contributed by atoms with van der Waals surface area (Å²) in [5.41, 5.74) is -0.841. The van der Waals surface area contributed by atoms with Gasteiger partial charge >= 0.3 is 18.0 Å². The van der Waals surface area contributed by atoms with Crippen LogP contribution in [-0.2, 0) is 19.1 Å². The largest absolute Gasteiger partial charge is 0.481 e. The van der Waals surface area contributed by atoms with Crippen LogP contribution in [0.3, 0.4) is 0 Å². The van der Waals surface area contributed by atoms with E-state index in [4.69, 9.17) is 14.6 Å². The van der Waals surface area contributed by atoms with Crippen LogP contribution in [-0.4, -0.2) is 67.9 Å². The van der Waals surface area contributed by atoms with Gasteiger partial charge in [-0.1, -0.05) is 0 Å². The molecule has 0 unspecified atom stereocenters. The zero-order valence-electron chi connectivity index (χ0n) is 12.4. The van der Waals surface area contributed by atoms with Gasteiger partial charge in [0, 0.05) is 20.2 Å². The first-order valence-electron chi connectivity index (χ1n) is 6.86. The maximum absolute atomic E-state index is 12.0. The van der Waals surface area contributed by atoms with Crippen molar-refractivity contribution in [1.29, 1.82) is 0 Å². The molecule has 0 spiro atoms. The number of hydrogen-bond acceptors (Lipinski definition) is 5. The zero-order chi connectivity index (χ0) is 15.9. The molecule has 1 aliphatic carbocycles. The normalized spacial score (nSPS) is 15.1. The van der Waals surface area contributed by atoms with Crippen molar-refractivity contribution >= 4 is 18.0 Å². The Kier molecular flexibility index (Phi) is 6.41. The monoisotopic (exact) mass is 302 g/mol. The van der Waals surface area contributed by atoms with Gasteiger partial charge in [-0.05, 0) is 19.8 Å². The molecule has 1 aliphatic rings. The van der Waals surface area contributed by atoms with Gasteiger partial charge in [-0.3, -0.25) is 9.59 Å². The maximum atomic E-state index is 12.0. The van der Waals surface area contributed by atoms with Crippen molar-refractivity contribution in [1.82, 2.24) is 10.2 Å². The summed E-state index contributed by atoms with van der Waals surface area (Å²) in [6.07, 6.45) is 1.11. The molecular formula is C13H22N2O6. The van der Waals surface area contributed by atoms with Crippen LogP contribution in [0, 0.1) is 5.41 Å². The molecule has 0 heterocycles. The molecule has 0 bridgehead atoms. The van der Waals surface area contributed by atoms with E-state index in [9.17, 15) is 14.4 Å². The fourth-order valence-corrected chi connectivity index (χ4v) is 1.79. The molecule has 8 nitrogen and oxygen atoms in total. The molecule has 2 amide bonds. The van der Waals surface area contributed by atoms with E-state index in [0.717, 1.165) is 0 Å². The highest BCUT2D eigenvalue weighted by Gasteiger charge is 2.50. The lowest BCUT2D eigenvalue weighted by molar-refractivity contribution is -0.144. The van der Waals surface area contributed by atoms with Crippen LogP contribution >= 0.6 is 0 Å². The van der Waals surface area contributed by atoms with E-state index in [1.165, 1.54) is 12.0 Å². The Labute approximate surface area is 123 Å². The number of amides is 2. The van der Waals surface area contributed by atoms with Crippen LogP contribution in [0.15, 0.2) is 0 Å². The second kappa shape index (κ2) is 7.82. The van der Waals surface area contributed by atoms with Gasteiger partial charge < -0.3 is 24.8 Å². The van der Waals surface area contributed by atoms with Crippen molar-refractivity contribution in [3.05, 3.63) is 0 Å². The quantitative estimate of drug-likeness (QED) is 0.584. The third-order valence-corrected chi connectivity index (χ3v) is 3.36. The summed E-state index contributed by atoms with van der Waals surface area (Å²) < 4.78 is 9.70. The SMILES string of the molecule is CCOC(=O)CN(CCOC)C(=O)NCC1(C(=O)O)CC1. The van der Waals surface area contributed by atoms with Crippen LogP contribution in [0.2, 0.25) is 0 Å². The first kappa shape index (κ1) is 17.2. The Morgan fingerprint density at radius 1 is 1.33 bits per heavy atom. The second-order valence-corrected chi connectivity index (χ2v) is 4.96. The highest BCUT2D eigenvalue weighted by molar-refractivity contribution is 5.82. The smallest absolute Gasteiger partial charge is 0.325 e. The van der Waals surface area contributed by atoms with Crippen molar-refractivity contribution in [2.75, 3.05) is 40.0 Å². The first-order chi connectivity index (χ1) is 9.95. The van der Waals surface area contributed by atoms with Crippen LogP contribution in [0.25, 0.3) is 0 Å². The highest BCUT2D eigenvalue weighted by atomic mass is 16.5. The summed E-state index contributed by atoms with van der Waals surface area (Å²) in [6.45, 7) is 2.29. The molecule has 0 saturated heterocycles. The van der Waals surface area contributed by atoms with E-state index in [1.54, 1.807) is 6.92 Å². The lowest BCUT2D eigenvalue weighted by Gasteiger charge is -2.22. The molecule has 21 heavy (non-hydrogen) atoms. The first-order valence-corrected chi connectivity index (χ1v) is 6.86. The molecule has 0 atom stereocenters. The highest BCUT2D eigenvalue weighted by Crippen LogP contribution is 2.45. The molecule has 1 rings (SSSR count). The van der Waals surface area contributed by atoms with Gasteiger partial charge in [0.25, 0.3) is 0 Å².